The van der Waals surface area contributed by atoms with Crippen molar-refractivity contribution >= 4 is 27.7 Å². The van der Waals surface area contributed by atoms with E-state index in [1.807, 2.05) is 24.3 Å². The second-order valence-corrected chi connectivity index (χ2v) is 4.81. The van der Waals surface area contributed by atoms with E-state index in [4.69, 9.17) is 10.5 Å². The highest BCUT2D eigenvalue weighted by Gasteiger charge is 2.31. The fraction of sp³-hybridized carbons (Fsp3) is 0.417. The molecular weight excluding hydrogens is 284 g/mol. The van der Waals surface area contributed by atoms with Gasteiger partial charge in [0.25, 0.3) is 0 Å². The van der Waals surface area contributed by atoms with Crippen LogP contribution in [0, 0.1) is 0 Å². The summed E-state index contributed by atoms with van der Waals surface area (Å²) in [7, 11) is 0. The molecule has 1 unspecified atom stereocenters. The number of para-hydroxylation sites is 1. The number of rotatable bonds is 3. The Morgan fingerprint density at radius 1 is 1.47 bits per heavy atom. The molecule has 1 aliphatic rings. The summed E-state index contributed by atoms with van der Waals surface area (Å²) < 4.78 is 5.99. The number of nitrogens with two attached hydrogens (primary N) is 1. The third kappa shape index (κ3) is 2.61. The second-order valence-electron chi connectivity index (χ2n) is 3.96. The van der Waals surface area contributed by atoms with Crippen molar-refractivity contribution in [3.05, 3.63) is 28.7 Å². The van der Waals surface area contributed by atoms with E-state index < -0.39 is 0 Å². The molecule has 1 amide bonds. The van der Waals surface area contributed by atoms with Gasteiger partial charge >= 0.3 is 6.09 Å². The minimum atomic E-state index is -0.290. The van der Waals surface area contributed by atoms with Crippen LogP contribution in [0.1, 0.15) is 12.8 Å². The minimum absolute atomic E-state index is 0.125. The van der Waals surface area contributed by atoms with Crippen LogP contribution in [0.4, 0.5) is 10.5 Å². The summed E-state index contributed by atoms with van der Waals surface area (Å²) in [5, 5.41) is 0. The Balaban J connectivity index is 2.31. The number of hydrogen-bond donors (Lipinski definition) is 1. The molecule has 0 bridgehead atoms. The van der Waals surface area contributed by atoms with E-state index in [2.05, 4.69) is 15.9 Å². The molecule has 1 saturated heterocycles. The average molecular weight is 299 g/mol. The first-order valence-corrected chi connectivity index (χ1v) is 6.44. The summed E-state index contributed by atoms with van der Waals surface area (Å²) in [6, 6.07) is 7.76. The molecule has 2 rings (SSSR count). The van der Waals surface area contributed by atoms with Crippen molar-refractivity contribution < 1.29 is 9.53 Å². The van der Waals surface area contributed by atoms with Crippen LogP contribution in [0.15, 0.2) is 28.7 Å². The van der Waals surface area contributed by atoms with E-state index in [1.165, 1.54) is 0 Å². The number of ether oxygens (including phenoxy) is 1. The van der Waals surface area contributed by atoms with Crippen LogP contribution in [0.5, 0.6) is 0 Å². The van der Waals surface area contributed by atoms with Crippen LogP contribution in [0.3, 0.4) is 0 Å². The minimum Gasteiger partial charge on any atom is -0.449 e. The number of anilines is 1. The number of carbonyl (C=O) groups is 1. The first-order chi connectivity index (χ1) is 8.24. The van der Waals surface area contributed by atoms with Crippen LogP contribution < -0.4 is 10.6 Å². The molecule has 0 aromatic heterocycles. The standard InChI is InChI=1S/C12H15BrN2O2/c13-10-3-1-2-4-11(10)15-9(5-7-14)6-8-17-12(15)16/h1-4,9H,5-8,14H2. The van der Waals surface area contributed by atoms with Crippen molar-refractivity contribution in [1.82, 2.24) is 0 Å². The third-order valence-corrected chi connectivity index (χ3v) is 3.52. The average Bonchev–Trinajstić information content (AvgIpc) is 2.31. The summed E-state index contributed by atoms with van der Waals surface area (Å²) in [6.45, 7) is 1.04. The molecule has 0 saturated carbocycles. The van der Waals surface area contributed by atoms with Crippen molar-refractivity contribution in [3.8, 4) is 0 Å². The number of amides is 1. The monoisotopic (exact) mass is 298 g/mol. The largest absolute Gasteiger partial charge is 0.449 e. The van der Waals surface area contributed by atoms with Gasteiger partial charge in [-0.3, -0.25) is 4.90 Å². The molecule has 1 aromatic carbocycles. The molecule has 0 aliphatic carbocycles. The lowest BCUT2D eigenvalue weighted by Crippen LogP contribution is -2.46. The van der Waals surface area contributed by atoms with E-state index in [0.29, 0.717) is 13.2 Å². The summed E-state index contributed by atoms with van der Waals surface area (Å²) in [4.78, 5) is 13.6. The highest BCUT2D eigenvalue weighted by molar-refractivity contribution is 9.10. The van der Waals surface area contributed by atoms with Gasteiger partial charge in [-0.1, -0.05) is 12.1 Å². The zero-order valence-corrected chi connectivity index (χ0v) is 11.0. The van der Waals surface area contributed by atoms with E-state index >= 15 is 0 Å². The third-order valence-electron chi connectivity index (χ3n) is 2.85. The maximum atomic E-state index is 11.9. The van der Waals surface area contributed by atoms with Gasteiger partial charge in [0, 0.05) is 16.9 Å². The van der Waals surface area contributed by atoms with Crippen molar-refractivity contribution in [1.29, 1.82) is 0 Å². The van der Waals surface area contributed by atoms with Crippen molar-refractivity contribution in [2.45, 2.75) is 18.9 Å². The zero-order valence-electron chi connectivity index (χ0n) is 9.43. The molecule has 17 heavy (non-hydrogen) atoms. The fourth-order valence-electron chi connectivity index (χ4n) is 2.04. The van der Waals surface area contributed by atoms with Gasteiger partial charge < -0.3 is 10.5 Å². The highest BCUT2D eigenvalue weighted by Crippen LogP contribution is 2.31. The van der Waals surface area contributed by atoms with Crippen LogP contribution >= 0.6 is 15.9 Å². The number of cyclic esters (lactones) is 1. The first-order valence-electron chi connectivity index (χ1n) is 5.64. The first kappa shape index (κ1) is 12.4. The molecule has 1 aliphatic heterocycles. The van der Waals surface area contributed by atoms with E-state index in [-0.39, 0.29) is 12.1 Å². The Hall–Kier alpha value is -1.07. The molecule has 1 atom stereocenters. The van der Waals surface area contributed by atoms with Gasteiger partial charge in [-0.05, 0) is 41.0 Å². The molecule has 0 radical (unpaired) electrons. The molecular formula is C12H15BrN2O2. The van der Waals surface area contributed by atoms with E-state index in [0.717, 1.165) is 23.0 Å². The predicted octanol–water partition coefficient (Wildman–Crippen LogP) is 2.51. The molecule has 1 fully saturated rings. The molecule has 1 aromatic rings. The summed E-state index contributed by atoms with van der Waals surface area (Å²) >= 11 is 3.46. The molecule has 1 heterocycles. The van der Waals surface area contributed by atoms with Crippen molar-refractivity contribution in [2.75, 3.05) is 18.1 Å². The number of nitrogens with zero attached hydrogens (tertiary/aromatic N) is 1. The van der Waals surface area contributed by atoms with Gasteiger partial charge in [-0.25, -0.2) is 4.79 Å². The topological polar surface area (TPSA) is 55.6 Å². The Labute approximate surface area is 109 Å². The van der Waals surface area contributed by atoms with Crippen molar-refractivity contribution in [2.24, 2.45) is 5.73 Å². The van der Waals surface area contributed by atoms with Gasteiger partial charge in [-0.15, -0.1) is 0 Å². The van der Waals surface area contributed by atoms with Gasteiger partial charge in [0.05, 0.1) is 12.3 Å². The van der Waals surface area contributed by atoms with E-state index in [1.54, 1.807) is 4.90 Å². The quantitative estimate of drug-likeness (QED) is 0.933. The van der Waals surface area contributed by atoms with Crippen LogP contribution in [0.2, 0.25) is 0 Å². The maximum Gasteiger partial charge on any atom is 0.414 e. The lowest BCUT2D eigenvalue weighted by molar-refractivity contribution is 0.128. The Kier molecular flexibility index (Phi) is 4.02. The van der Waals surface area contributed by atoms with E-state index in [9.17, 15) is 4.79 Å². The maximum absolute atomic E-state index is 11.9. The van der Waals surface area contributed by atoms with Gasteiger partial charge in [0.15, 0.2) is 0 Å². The second kappa shape index (κ2) is 5.51. The fourth-order valence-corrected chi connectivity index (χ4v) is 2.51. The van der Waals surface area contributed by atoms with Crippen molar-refractivity contribution in [3.63, 3.8) is 0 Å². The van der Waals surface area contributed by atoms with Gasteiger partial charge in [-0.2, -0.15) is 0 Å². The van der Waals surface area contributed by atoms with Crippen LogP contribution in [-0.2, 0) is 4.74 Å². The number of carbonyl (C=O) groups excluding carboxylic acids is 1. The number of benzene rings is 1. The Bertz CT molecular complexity index is 409. The zero-order chi connectivity index (χ0) is 12.3. The molecule has 4 nitrogen and oxygen atoms in total. The molecule has 5 heteroatoms. The summed E-state index contributed by atoms with van der Waals surface area (Å²) in [5.41, 5.74) is 6.44. The highest BCUT2D eigenvalue weighted by atomic mass is 79.9. The van der Waals surface area contributed by atoms with Gasteiger partial charge in [0.1, 0.15) is 0 Å². The smallest absolute Gasteiger partial charge is 0.414 e. The molecule has 92 valence electrons. The lowest BCUT2D eigenvalue weighted by atomic mass is 10.1. The molecule has 2 N–H and O–H groups in total. The molecule has 0 spiro atoms. The summed E-state index contributed by atoms with van der Waals surface area (Å²) in [5.74, 6) is 0. The van der Waals surface area contributed by atoms with Crippen LogP contribution in [0.25, 0.3) is 0 Å². The van der Waals surface area contributed by atoms with Crippen LogP contribution in [-0.4, -0.2) is 25.3 Å². The van der Waals surface area contributed by atoms with Gasteiger partial charge in [0.2, 0.25) is 0 Å². The summed E-state index contributed by atoms with van der Waals surface area (Å²) in [6.07, 6.45) is 1.32. The lowest BCUT2D eigenvalue weighted by Gasteiger charge is -2.35. The normalized spacial score (nSPS) is 20.2. The number of halogens is 1. The SMILES string of the molecule is NCCC1CCOC(=O)N1c1ccccc1Br. The Morgan fingerprint density at radius 2 is 2.24 bits per heavy atom. The number of hydrogen-bond acceptors (Lipinski definition) is 3. The predicted molar refractivity (Wildman–Crippen MR) is 70.0 cm³/mol. The Morgan fingerprint density at radius 3 is 2.94 bits per heavy atom.